The topological polar surface area (TPSA) is 71.1 Å². The van der Waals surface area contributed by atoms with Gasteiger partial charge in [0, 0.05) is 25.9 Å². The van der Waals surface area contributed by atoms with Gasteiger partial charge in [0.25, 0.3) is 0 Å². The van der Waals surface area contributed by atoms with E-state index in [1.807, 2.05) is 6.07 Å². The Bertz CT molecular complexity index is 673. The summed E-state index contributed by atoms with van der Waals surface area (Å²) in [4.78, 5) is 24.8. The Hall–Kier alpha value is -1.76. The minimum Gasteiger partial charge on any atom is -0.462 e. The van der Waals surface area contributed by atoms with Crippen molar-refractivity contribution in [2.75, 3.05) is 13.7 Å². The second-order valence-corrected chi connectivity index (χ2v) is 6.93. The van der Waals surface area contributed by atoms with Gasteiger partial charge in [0.15, 0.2) is 17.9 Å². The van der Waals surface area contributed by atoms with Gasteiger partial charge in [-0.3, -0.25) is 4.79 Å². The summed E-state index contributed by atoms with van der Waals surface area (Å²) in [5.74, 6) is -1.71. The van der Waals surface area contributed by atoms with Gasteiger partial charge in [0.1, 0.15) is 12.2 Å². The number of rotatable bonds is 4. The molecule has 0 aromatic heterocycles. The zero-order valence-electron chi connectivity index (χ0n) is 13.7. The van der Waals surface area contributed by atoms with Crippen molar-refractivity contribution in [1.82, 2.24) is 0 Å². The molecule has 1 aromatic carbocycles. The van der Waals surface area contributed by atoms with E-state index in [0.717, 1.165) is 0 Å². The first-order valence-corrected chi connectivity index (χ1v) is 8.14. The number of carbonyl (C=O) groups is 2. The lowest BCUT2D eigenvalue weighted by Gasteiger charge is -2.60. The fourth-order valence-corrected chi connectivity index (χ4v) is 4.11. The second kappa shape index (κ2) is 5.37. The summed E-state index contributed by atoms with van der Waals surface area (Å²) in [6, 6.07) is 8.77. The first-order valence-electron chi connectivity index (χ1n) is 8.14. The molecule has 128 valence electrons. The summed E-state index contributed by atoms with van der Waals surface area (Å²) in [6.45, 7) is 1.88. The van der Waals surface area contributed by atoms with Gasteiger partial charge in [-0.1, -0.05) is 18.2 Å². The van der Waals surface area contributed by atoms with E-state index in [0.29, 0.717) is 18.4 Å². The molecule has 4 aliphatic rings. The number of carbonyl (C=O) groups excluding carboxylic acids is 2. The summed E-state index contributed by atoms with van der Waals surface area (Å²) in [5.41, 5.74) is -0.392. The molecule has 24 heavy (non-hydrogen) atoms. The first kappa shape index (κ1) is 15.7. The smallest absolute Gasteiger partial charge is 0.338 e. The van der Waals surface area contributed by atoms with E-state index in [4.69, 9.17) is 18.9 Å². The third-order valence-corrected chi connectivity index (χ3v) is 5.36. The number of methoxy groups -OCH3 is 1. The molecule has 1 aliphatic carbocycles. The van der Waals surface area contributed by atoms with Crippen molar-refractivity contribution in [2.45, 2.75) is 37.4 Å². The quantitative estimate of drug-likeness (QED) is 0.785. The maximum absolute atomic E-state index is 12.7. The van der Waals surface area contributed by atoms with Gasteiger partial charge in [-0.05, 0) is 19.1 Å². The predicted molar refractivity (Wildman–Crippen MR) is 82.0 cm³/mol. The fraction of sp³-hybridized carbons (Fsp3) is 0.556. The van der Waals surface area contributed by atoms with Crippen LogP contribution in [0.15, 0.2) is 30.3 Å². The number of Topliss-reactive ketones (excluding diaryl/α,β-unsaturated/α-hetero) is 1. The highest BCUT2D eigenvalue weighted by Crippen LogP contribution is 2.55. The summed E-state index contributed by atoms with van der Waals surface area (Å²) in [7, 11) is 1.59. The largest absolute Gasteiger partial charge is 0.462 e. The van der Waals surface area contributed by atoms with E-state index in [-0.39, 0.29) is 24.2 Å². The van der Waals surface area contributed by atoms with E-state index < -0.39 is 23.6 Å². The molecule has 0 N–H and O–H groups in total. The Kier molecular flexibility index (Phi) is 3.53. The summed E-state index contributed by atoms with van der Waals surface area (Å²) in [6.07, 6.45) is 0.285. The van der Waals surface area contributed by atoms with E-state index in [9.17, 15) is 9.59 Å². The highest BCUT2D eigenvalue weighted by Gasteiger charge is 2.67. The zero-order chi connectivity index (χ0) is 16.9. The molecule has 0 radical (unpaired) electrons. The molecular formula is C18H20O6. The van der Waals surface area contributed by atoms with Gasteiger partial charge in [-0.2, -0.15) is 0 Å². The van der Waals surface area contributed by atoms with Crippen LogP contribution in [0, 0.1) is 11.8 Å². The molecule has 0 spiro atoms. The van der Waals surface area contributed by atoms with Gasteiger partial charge in [0.05, 0.1) is 11.5 Å². The van der Waals surface area contributed by atoms with Crippen LogP contribution in [-0.4, -0.2) is 43.1 Å². The molecule has 5 rings (SSSR count). The molecule has 4 fully saturated rings. The van der Waals surface area contributed by atoms with Crippen LogP contribution in [0.1, 0.15) is 30.1 Å². The van der Waals surface area contributed by atoms with Gasteiger partial charge in [0.2, 0.25) is 0 Å². The monoisotopic (exact) mass is 332 g/mol. The highest BCUT2D eigenvalue weighted by molar-refractivity contribution is 5.92. The van der Waals surface area contributed by atoms with Crippen LogP contribution < -0.4 is 0 Å². The molecule has 6 nitrogen and oxygen atoms in total. The van der Waals surface area contributed by atoms with Crippen LogP contribution in [0.2, 0.25) is 0 Å². The van der Waals surface area contributed by atoms with Crippen molar-refractivity contribution < 1.29 is 28.5 Å². The lowest BCUT2D eigenvalue weighted by molar-refractivity contribution is -0.426. The van der Waals surface area contributed by atoms with Crippen LogP contribution in [0.5, 0.6) is 0 Å². The molecule has 1 saturated carbocycles. The van der Waals surface area contributed by atoms with E-state index in [1.54, 1.807) is 38.3 Å². The van der Waals surface area contributed by atoms with Crippen molar-refractivity contribution in [3.05, 3.63) is 35.9 Å². The number of esters is 1. The predicted octanol–water partition coefficient (Wildman–Crippen LogP) is 1.93. The zero-order valence-corrected chi connectivity index (χ0v) is 13.7. The average molecular weight is 332 g/mol. The van der Waals surface area contributed by atoms with E-state index >= 15 is 0 Å². The molecular weight excluding hydrogens is 312 g/mol. The van der Waals surface area contributed by atoms with Crippen molar-refractivity contribution in [3.63, 3.8) is 0 Å². The number of hydrogen-bond donors (Lipinski definition) is 0. The van der Waals surface area contributed by atoms with Crippen LogP contribution in [0.3, 0.4) is 0 Å². The minimum atomic E-state index is -0.873. The third-order valence-electron chi connectivity index (χ3n) is 5.36. The Balaban J connectivity index is 1.50. The Morgan fingerprint density at radius 1 is 1.29 bits per heavy atom. The van der Waals surface area contributed by atoms with Crippen LogP contribution >= 0.6 is 0 Å². The molecule has 5 atom stereocenters. The summed E-state index contributed by atoms with van der Waals surface area (Å²) < 4.78 is 22.7. The van der Waals surface area contributed by atoms with Gasteiger partial charge < -0.3 is 18.9 Å². The fourth-order valence-electron chi connectivity index (χ4n) is 4.11. The Labute approximate surface area is 140 Å². The van der Waals surface area contributed by atoms with Gasteiger partial charge in [-0.25, -0.2) is 4.79 Å². The molecule has 3 saturated heterocycles. The lowest BCUT2D eigenvalue weighted by atomic mass is 9.65. The molecule has 3 heterocycles. The number of benzene rings is 1. The Morgan fingerprint density at radius 3 is 2.75 bits per heavy atom. The maximum atomic E-state index is 12.7. The molecule has 0 amide bonds. The molecule has 1 aromatic rings. The first-order chi connectivity index (χ1) is 11.5. The SMILES string of the molecule is CO[C@@]12C[C@@H]3C(=O)[C@@](C)(C1)OC(O2)[C@H]3COC(=O)c1ccccc1. The van der Waals surface area contributed by atoms with Crippen molar-refractivity contribution in [2.24, 2.45) is 11.8 Å². The minimum absolute atomic E-state index is 0.0514. The average Bonchev–Trinajstić information content (AvgIpc) is 2.59. The van der Waals surface area contributed by atoms with Crippen LogP contribution in [0.25, 0.3) is 0 Å². The van der Waals surface area contributed by atoms with Crippen molar-refractivity contribution in [3.8, 4) is 0 Å². The number of ketones is 1. The van der Waals surface area contributed by atoms with Crippen molar-refractivity contribution in [1.29, 1.82) is 0 Å². The van der Waals surface area contributed by atoms with Crippen molar-refractivity contribution >= 4 is 11.8 Å². The molecule has 3 aliphatic heterocycles. The maximum Gasteiger partial charge on any atom is 0.338 e. The normalized spacial score (nSPS) is 39.9. The Morgan fingerprint density at radius 2 is 2.04 bits per heavy atom. The lowest BCUT2D eigenvalue weighted by Crippen LogP contribution is -2.72. The van der Waals surface area contributed by atoms with E-state index in [2.05, 4.69) is 0 Å². The number of ether oxygens (including phenoxy) is 4. The van der Waals surface area contributed by atoms with Crippen LogP contribution in [-0.2, 0) is 23.7 Å². The standard InChI is InChI=1S/C18H20O6/c1-17-10-18(21-2)8-12(14(17)19)13(16(23-17)24-18)9-22-15(20)11-6-4-3-5-7-11/h3-7,12-13,16H,8-10H2,1-2H3/t12-,13-,16?,17+,18+/m0/s1. The summed E-state index contributed by atoms with van der Waals surface area (Å²) >= 11 is 0. The number of hydrogen-bond acceptors (Lipinski definition) is 6. The third kappa shape index (κ3) is 2.29. The van der Waals surface area contributed by atoms with Crippen LogP contribution in [0.4, 0.5) is 0 Å². The molecule has 6 heteroatoms. The molecule has 1 unspecified atom stereocenters. The molecule has 4 bridgehead atoms. The second-order valence-electron chi connectivity index (χ2n) is 6.93. The van der Waals surface area contributed by atoms with Gasteiger partial charge in [-0.15, -0.1) is 0 Å². The summed E-state index contributed by atoms with van der Waals surface area (Å²) in [5, 5.41) is 0. The van der Waals surface area contributed by atoms with E-state index in [1.165, 1.54) is 0 Å². The highest BCUT2D eigenvalue weighted by atomic mass is 16.8. The van der Waals surface area contributed by atoms with Gasteiger partial charge >= 0.3 is 5.97 Å².